The molecule has 2 aliphatic heterocycles. The molecule has 0 aliphatic carbocycles. The van der Waals surface area contributed by atoms with Crippen molar-refractivity contribution in [2.24, 2.45) is 10.6 Å². The number of fused-ring (bicyclic) bond motifs is 2. The third kappa shape index (κ3) is 7.53. The van der Waals surface area contributed by atoms with E-state index >= 15 is 0 Å². The Labute approximate surface area is 247 Å². The smallest absolute Gasteiger partial charge is 0.440 e. The van der Waals surface area contributed by atoms with E-state index in [9.17, 15) is 9.82 Å². The third-order valence-electron chi connectivity index (χ3n) is 7.35. The van der Waals surface area contributed by atoms with Crippen LogP contribution in [0.2, 0.25) is 0 Å². The van der Waals surface area contributed by atoms with Crippen molar-refractivity contribution in [3.05, 3.63) is 62.8 Å². The van der Waals surface area contributed by atoms with Crippen LogP contribution in [-0.4, -0.2) is 31.4 Å². The van der Waals surface area contributed by atoms with Gasteiger partial charge in [0.25, 0.3) is 0 Å². The Morgan fingerprint density at radius 1 is 1.05 bits per heavy atom. The van der Waals surface area contributed by atoms with E-state index in [-0.39, 0.29) is 11.5 Å². The van der Waals surface area contributed by atoms with Crippen LogP contribution in [0.1, 0.15) is 103 Å². The third-order valence-corrected chi connectivity index (χ3v) is 7.35. The number of rotatable bonds is 4. The minimum absolute atomic E-state index is 0.0142. The second-order valence-corrected chi connectivity index (χ2v) is 10.6. The first-order valence-corrected chi connectivity index (χ1v) is 15.2. The Hall–Kier alpha value is -3.26. The molecule has 0 radical (unpaired) electrons. The van der Waals surface area contributed by atoms with Gasteiger partial charge in [0.05, 0.1) is 23.2 Å². The highest BCUT2D eigenvalue weighted by Crippen LogP contribution is 2.36. The number of hydrogen-bond donors (Lipinski definition) is 2. The van der Waals surface area contributed by atoms with Gasteiger partial charge in [-0.2, -0.15) is 0 Å². The molecule has 224 valence electrons. The zero-order valence-corrected chi connectivity index (χ0v) is 27.0. The van der Waals surface area contributed by atoms with Crippen molar-refractivity contribution in [1.82, 2.24) is 0 Å². The summed E-state index contributed by atoms with van der Waals surface area (Å²) in [4.78, 5) is 15.7. The maximum atomic E-state index is 13.5. The monoisotopic (exact) mass is 563 g/mol. The Kier molecular flexibility index (Phi) is 12.5. The number of oxime groups is 1. The van der Waals surface area contributed by atoms with Gasteiger partial charge in [-0.3, -0.25) is 4.79 Å². The molecular weight excluding hydrogens is 513 g/mol. The Bertz CT molecular complexity index is 1370. The molecule has 2 aromatic carbocycles. The summed E-state index contributed by atoms with van der Waals surface area (Å²) in [5.41, 5.74) is 5.65. The highest BCUT2D eigenvalue weighted by molar-refractivity contribution is 6.64. The number of hydrogen-bond acceptors (Lipinski definition) is 7. The molecule has 2 N–H and O–H groups in total. The van der Waals surface area contributed by atoms with E-state index in [4.69, 9.17) is 9.17 Å². The predicted octanol–water partition coefficient (Wildman–Crippen LogP) is 7.34. The summed E-state index contributed by atoms with van der Waals surface area (Å²) in [5.74, 6) is 0.674. The van der Waals surface area contributed by atoms with Crippen molar-refractivity contribution >= 4 is 41.3 Å². The van der Waals surface area contributed by atoms with Crippen LogP contribution in [0, 0.1) is 19.3 Å². The molecule has 0 amide bonds. The van der Waals surface area contributed by atoms with Gasteiger partial charge >= 0.3 is 7.12 Å². The van der Waals surface area contributed by atoms with Gasteiger partial charge < -0.3 is 24.4 Å². The highest BCUT2D eigenvalue weighted by Gasteiger charge is 2.30. The summed E-state index contributed by atoms with van der Waals surface area (Å²) in [6.45, 7) is 24.2. The van der Waals surface area contributed by atoms with Gasteiger partial charge in [-0.15, -0.1) is 5.16 Å². The summed E-state index contributed by atoms with van der Waals surface area (Å²) in [5, 5.41) is 18.2. The molecule has 41 heavy (non-hydrogen) atoms. The minimum atomic E-state index is -1.14. The van der Waals surface area contributed by atoms with Crippen LogP contribution in [0.3, 0.4) is 0 Å². The van der Waals surface area contributed by atoms with E-state index in [0.29, 0.717) is 33.3 Å². The highest BCUT2D eigenvalue weighted by atomic mass is 16.6. The predicted molar refractivity (Wildman–Crippen MR) is 176 cm³/mol. The minimum Gasteiger partial charge on any atom is -0.440 e. The largest absolute Gasteiger partial charge is 0.585 e. The first-order chi connectivity index (χ1) is 19.6. The van der Waals surface area contributed by atoms with Crippen molar-refractivity contribution in [1.29, 1.82) is 0 Å². The van der Waals surface area contributed by atoms with Gasteiger partial charge in [0.2, 0.25) is 5.88 Å². The summed E-state index contributed by atoms with van der Waals surface area (Å²) >= 11 is 0. The zero-order valence-electron chi connectivity index (χ0n) is 27.0. The second-order valence-electron chi connectivity index (χ2n) is 10.6. The molecule has 0 saturated carbocycles. The lowest BCUT2D eigenvalue weighted by molar-refractivity contribution is 0.274. The van der Waals surface area contributed by atoms with E-state index in [1.165, 1.54) is 0 Å². The molecule has 3 aromatic rings. The Morgan fingerprint density at radius 2 is 1.68 bits per heavy atom. The maximum absolute atomic E-state index is 13.5. The fourth-order valence-electron chi connectivity index (χ4n) is 5.10. The van der Waals surface area contributed by atoms with Crippen LogP contribution in [0.5, 0.6) is 0 Å². The van der Waals surface area contributed by atoms with E-state index in [1.54, 1.807) is 6.21 Å². The number of anilines is 2. The summed E-state index contributed by atoms with van der Waals surface area (Å²) < 4.78 is 11.6. The van der Waals surface area contributed by atoms with Gasteiger partial charge in [0.15, 0.2) is 5.43 Å². The van der Waals surface area contributed by atoms with Crippen LogP contribution in [0.15, 0.2) is 44.7 Å². The van der Waals surface area contributed by atoms with Crippen molar-refractivity contribution < 1.29 is 14.2 Å². The van der Waals surface area contributed by atoms with Gasteiger partial charge in [-0.05, 0) is 62.3 Å². The molecule has 1 unspecified atom stereocenters. The van der Waals surface area contributed by atoms with Crippen LogP contribution in [0.4, 0.5) is 11.6 Å². The molecule has 2 aliphatic rings. The van der Waals surface area contributed by atoms with Crippen molar-refractivity contribution in [2.45, 2.75) is 95.0 Å². The molecule has 5 rings (SSSR count). The molecule has 3 heterocycles. The maximum Gasteiger partial charge on any atom is 0.585 e. The lowest BCUT2D eigenvalue weighted by Crippen LogP contribution is -2.39. The molecule has 0 spiro atoms. The molecule has 7 nitrogen and oxygen atoms in total. The molecule has 1 saturated heterocycles. The van der Waals surface area contributed by atoms with Gasteiger partial charge in [-0.25, -0.2) is 0 Å². The molecule has 1 fully saturated rings. The SMILES string of the molecule is CC.CC.CC.Cc1cc(C(C)Nc2cccc3c2B(O)ON=C3)c2oc(N3CCC(C)(C)CC3)c(C)c(=O)c2c1. The Morgan fingerprint density at radius 3 is 2.32 bits per heavy atom. The number of piperidine rings is 1. The first kappa shape index (κ1) is 33.9. The fraction of sp³-hybridized carbons (Fsp3) is 0.515. The van der Waals surface area contributed by atoms with Crippen molar-refractivity contribution in [3.8, 4) is 0 Å². The Balaban J connectivity index is 0.000000921. The zero-order chi connectivity index (χ0) is 30.9. The summed E-state index contributed by atoms with van der Waals surface area (Å²) in [6, 6.07) is 9.47. The van der Waals surface area contributed by atoms with E-state index in [1.807, 2.05) is 86.6 Å². The fourth-order valence-corrected chi connectivity index (χ4v) is 5.10. The van der Waals surface area contributed by atoms with Crippen LogP contribution < -0.4 is 21.1 Å². The second kappa shape index (κ2) is 15.1. The summed E-state index contributed by atoms with van der Waals surface area (Å²) in [7, 11) is -1.14. The van der Waals surface area contributed by atoms with Gasteiger partial charge in [0, 0.05) is 29.8 Å². The summed E-state index contributed by atoms with van der Waals surface area (Å²) in [6.07, 6.45) is 3.70. The molecule has 0 bridgehead atoms. The van der Waals surface area contributed by atoms with E-state index in [0.717, 1.165) is 48.3 Å². The van der Waals surface area contributed by atoms with E-state index in [2.05, 4.69) is 35.3 Å². The average Bonchev–Trinajstić information content (AvgIpc) is 2.98. The molecule has 1 aromatic heterocycles. The molecule has 8 heteroatoms. The van der Waals surface area contributed by atoms with E-state index < -0.39 is 7.12 Å². The standard InChI is InChI=1S/C27H32BN3O4.3C2H6/c1-16-13-20(18(3)30-22-8-6-7-19-15-29-35-28(33)23(19)22)25-21(14-16)24(32)17(2)26(34-25)31-11-9-27(4,5)10-12-31;3*1-2/h6-8,13-15,18,30,33H,9-12H2,1-5H3;3*1-2H3. The van der Waals surface area contributed by atoms with Crippen LogP contribution >= 0.6 is 0 Å². The molecule has 1 atom stereocenters. The average molecular weight is 564 g/mol. The quantitative estimate of drug-likeness (QED) is 0.323. The number of benzene rings is 2. The van der Waals surface area contributed by atoms with Gasteiger partial charge in [0.1, 0.15) is 5.58 Å². The number of aryl methyl sites for hydroxylation is 1. The lowest BCUT2D eigenvalue weighted by atomic mass is 9.75. The number of nitrogens with one attached hydrogen (secondary N) is 1. The topological polar surface area (TPSA) is 87.3 Å². The van der Waals surface area contributed by atoms with Crippen LogP contribution in [0.25, 0.3) is 11.0 Å². The van der Waals surface area contributed by atoms with Gasteiger partial charge in [-0.1, -0.05) is 73.6 Å². The molecular formula is C33H50BN3O4. The van der Waals surface area contributed by atoms with Crippen molar-refractivity contribution in [2.75, 3.05) is 23.3 Å². The lowest BCUT2D eigenvalue weighted by Gasteiger charge is -2.37. The number of nitrogens with zero attached hydrogens (tertiary/aromatic N) is 2. The first-order valence-electron chi connectivity index (χ1n) is 15.2. The van der Waals surface area contributed by atoms with Crippen LogP contribution in [-0.2, 0) is 4.76 Å². The normalized spacial score (nSPS) is 15.6. The van der Waals surface area contributed by atoms with Crippen molar-refractivity contribution in [3.63, 3.8) is 0 Å².